The fourth-order valence-electron chi connectivity index (χ4n) is 2.73. The molecule has 0 spiro atoms. The number of carbonyl (C=O) groups excluding carboxylic acids is 2. The number of nitrogens with zero attached hydrogens (tertiary/aromatic N) is 2. The number of hydrogen-bond acceptors (Lipinski definition) is 3. The smallest absolute Gasteiger partial charge is 0.243 e. The Morgan fingerprint density at radius 1 is 1.29 bits per heavy atom. The predicted octanol–water partition coefficient (Wildman–Crippen LogP) is 1.61. The van der Waals surface area contributed by atoms with Gasteiger partial charge >= 0.3 is 0 Å². The molecule has 1 aliphatic heterocycles. The minimum absolute atomic E-state index is 0.00221. The van der Waals surface area contributed by atoms with Crippen molar-refractivity contribution in [2.45, 2.75) is 39.0 Å². The standard InChI is InChI=1S/C16H23N3O2/c1-12(14-2-3-14)10-15(20)18-11-13-5-8-19(9-6-13)16(21)4-7-17/h10,13-14H,2-6,8-9,11H2,1H3,(H,18,20)/b12-10+. The minimum Gasteiger partial charge on any atom is -0.352 e. The number of carbonyl (C=O) groups is 2. The third-order valence-electron chi connectivity index (χ3n) is 4.34. The van der Waals surface area contributed by atoms with Crippen LogP contribution in [-0.4, -0.2) is 36.3 Å². The Balaban J connectivity index is 1.67. The minimum atomic E-state index is -0.0806. The molecule has 0 aromatic carbocycles. The lowest BCUT2D eigenvalue weighted by Gasteiger charge is -2.31. The number of rotatable bonds is 5. The van der Waals surface area contributed by atoms with Gasteiger partial charge in [-0.2, -0.15) is 5.26 Å². The first-order chi connectivity index (χ1) is 10.1. The molecule has 5 heteroatoms. The normalized spacial score (nSPS) is 20.0. The summed E-state index contributed by atoms with van der Waals surface area (Å²) < 4.78 is 0. The zero-order valence-electron chi connectivity index (χ0n) is 12.6. The van der Waals surface area contributed by atoms with Gasteiger partial charge in [0.1, 0.15) is 6.42 Å². The molecule has 2 rings (SSSR count). The van der Waals surface area contributed by atoms with Crippen LogP contribution in [-0.2, 0) is 9.59 Å². The first-order valence-electron chi connectivity index (χ1n) is 7.71. The van der Waals surface area contributed by atoms with Gasteiger partial charge in [0.25, 0.3) is 0 Å². The Labute approximate surface area is 126 Å². The van der Waals surface area contributed by atoms with Crippen LogP contribution in [0.2, 0.25) is 0 Å². The monoisotopic (exact) mass is 289 g/mol. The highest BCUT2D eigenvalue weighted by Gasteiger charge is 2.24. The zero-order valence-corrected chi connectivity index (χ0v) is 12.6. The molecule has 2 aliphatic rings. The van der Waals surface area contributed by atoms with Crippen molar-refractivity contribution in [3.05, 3.63) is 11.6 Å². The second-order valence-corrected chi connectivity index (χ2v) is 6.07. The fourth-order valence-corrected chi connectivity index (χ4v) is 2.73. The Bertz CT molecular complexity index is 466. The maximum Gasteiger partial charge on any atom is 0.243 e. The van der Waals surface area contributed by atoms with Gasteiger partial charge in [-0.05, 0) is 44.4 Å². The van der Waals surface area contributed by atoms with Gasteiger partial charge in [-0.3, -0.25) is 9.59 Å². The molecule has 1 saturated heterocycles. The number of hydrogen-bond donors (Lipinski definition) is 1. The Morgan fingerprint density at radius 2 is 1.95 bits per heavy atom. The zero-order chi connectivity index (χ0) is 15.2. The average Bonchev–Trinajstić information content (AvgIpc) is 3.30. The first-order valence-corrected chi connectivity index (χ1v) is 7.71. The van der Waals surface area contributed by atoms with Gasteiger partial charge in [0.15, 0.2) is 0 Å². The summed E-state index contributed by atoms with van der Waals surface area (Å²) in [6.07, 6.45) is 5.90. The molecule has 0 aromatic heterocycles. The summed E-state index contributed by atoms with van der Waals surface area (Å²) in [4.78, 5) is 25.1. The highest BCUT2D eigenvalue weighted by atomic mass is 16.2. The second-order valence-electron chi connectivity index (χ2n) is 6.07. The summed E-state index contributed by atoms with van der Waals surface area (Å²) >= 11 is 0. The van der Waals surface area contributed by atoms with Crippen LogP contribution >= 0.6 is 0 Å². The summed E-state index contributed by atoms with van der Waals surface area (Å²) in [7, 11) is 0. The van der Waals surface area contributed by atoms with E-state index in [-0.39, 0.29) is 18.2 Å². The number of likely N-dealkylation sites (tertiary alicyclic amines) is 1. The first kappa shape index (κ1) is 15.6. The van der Waals surface area contributed by atoms with Gasteiger partial charge in [0, 0.05) is 25.7 Å². The van der Waals surface area contributed by atoms with Gasteiger partial charge in [0.05, 0.1) is 6.07 Å². The lowest BCUT2D eigenvalue weighted by atomic mass is 9.96. The van der Waals surface area contributed by atoms with Gasteiger partial charge in [-0.15, -0.1) is 0 Å². The van der Waals surface area contributed by atoms with E-state index in [0.717, 1.165) is 12.8 Å². The highest BCUT2D eigenvalue weighted by molar-refractivity contribution is 5.88. The molecular formula is C16H23N3O2. The van der Waals surface area contributed by atoms with Crippen LogP contribution in [0.4, 0.5) is 0 Å². The molecule has 2 fully saturated rings. The van der Waals surface area contributed by atoms with Gasteiger partial charge < -0.3 is 10.2 Å². The van der Waals surface area contributed by atoms with E-state index >= 15 is 0 Å². The molecule has 0 unspecified atom stereocenters. The van der Waals surface area contributed by atoms with E-state index in [0.29, 0.717) is 31.5 Å². The van der Waals surface area contributed by atoms with Crippen LogP contribution < -0.4 is 5.32 Å². The summed E-state index contributed by atoms with van der Waals surface area (Å²) in [5, 5.41) is 11.5. The maximum absolute atomic E-state index is 11.8. The number of nitriles is 1. The van der Waals surface area contributed by atoms with Crippen molar-refractivity contribution in [2.24, 2.45) is 11.8 Å². The van der Waals surface area contributed by atoms with Crippen LogP contribution in [0.3, 0.4) is 0 Å². The molecular weight excluding hydrogens is 266 g/mol. The molecule has 0 atom stereocenters. The van der Waals surface area contributed by atoms with Gasteiger partial charge in [-0.1, -0.05) is 5.57 Å². The molecule has 0 radical (unpaired) electrons. The third kappa shape index (κ3) is 4.89. The van der Waals surface area contributed by atoms with Crippen molar-refractivity contribution in [1.82, 2.24) is 10.2 Å². The number of nitrogens with one attached hydrogen (secondary N) is 1. The molecule has 1 N–H and O–H groups in total. The van der Waals surface area contributed by atoms with E-state index in [1.165, 1.54) is 18.4 Å². The summed E-state index contributed by atoms with van der Waals surface area (Å²) in [5.41, 5.74) is 1.18. The molecule has 0 bridgehead atoms. The largest absolute Gasteiger partial charge is 0.352 e. The Morgan fingerprint density at radius 3 is 2.52 bits per heavy atom. The van der Waals surface area contributed by atoms with Crippen molar-refractivity contribution in [1.29, 1.82) is 5.26 Å². The molecule has 2 amide bonds. The predicted molar refractivity (Wildman–Crippen MR) is 79.0 cm³/mol. The molecule has 1 aliphatic carbocycles. The number of amides is 2. The molecule has 114 valence electrons. The van der Waals surface area contributed by atoms with Gasteiger partial charge in [-0.25, -0.2) is 0 Å². The van der Waals surface area contributed by atoms with E-state index in [9.17, 15) is 9.59 Å². The molecule has 21 heavy (non-hydrogen) atoms. The molecule has 1 heterocycles. The Hall–Kier alpha value is -1.83. The molecule has 1 saturated carbocycles. The lowest BCUT2D eigenvalue weighted by Crippen LogP contribution is -2.41. The lowest BCUT2D eigenvalue weighted by molar-refractivity contribution is -0.131. The van der Waals surface area contributed by atoms with E-state index in [2.05, 4.69) is 5.32 Å². The van der Waals surface area contributed by atoms with Crippen molar-refractivity contribution < 1.29 is 9.59 Å². The summed E-state index contributed by atoms with van der Waals surface area (Å²) in [6, 6.07) is 1.89. The topological polar surface area (TPSA) is 73.2 Å². The van der Waals surface area contributed by atoms with Crippen molar-refractivity contribution in [3.8, 4) is 6.07 Å². The third-order valence-corrected chi connectivity index (χ3v) is 4.34. The second kappa shape index (κ2) is 7.26. The van der Waals surface area contributed by atoms with E-state index in [1.54, 1.807) is 11.0 Å². The van der Waals surface area contributed by atoms with Crippen molar-refractivity contribution in [3.63, 3.8) is 0 Å². The van der Waals surface area contributed by atoms with Crippen LogP contribution in [0, 0.1) is 23.2 Å². The quantitative estimate of drug-likeness (QED) is 0.781. The van der Waals surface area contributed by atoms with Crippen LogP contribution in [0.25, 0.3) is 0 Å². The van der Waals surface area contributed by atoms with Crippen LogP contribution in [0.1, 0.15) is 39.0 Å². The van der Waals surface area contributed by atoms with Crippen LogP contribution in [0.5, 0.6) is 0 Å². The maximum atomic E-state index is 11.8. The van der Waals surface area contributed by atoms with E-state index < -0.39 is 0 Å². The Kier molecular flexibility index (Phi) is 5.38. The SMILES string of the molecule is C/C(=C\C(=O)NCC1CCN(C(=O)CC#N)CC1)C1CC1. The van der Waals surface area contributed by atoms with Crippen LogP contribution in [0.15, 0.2) is 11.6 Å². The van der Waals surface area contributed by atoms with Crippen molar-refractivity contribution in [2.75, 3.05) is 19.6 Å². The van der Waals surface area contributed by atoms with Gasteiger partial charge in [0.2, 0.25) is 11.8 Å². The fraction of sp³-hybridized carbons (Fsp3) is 0.688. The number of allylic oxidation sites excluding steroid dienone is 1. The molecule has 0 aromatic rings. The van der Waals surface area contributed by atoms with Crippen molar-refractivity contribution >= 4 is 11.8 Å². The molecule has 5 nitrogen and oxygen atoms in total. The van der Waals surface area contributed by atoms with E-state index in [4.69, 9.17) is 5.26 Å². The number of piperidine rings is 1. The average molecular weight is 289 g/mol. The summed E-state index contributed by atoms with van der Waals surface area (Å²) in [5.74, 6) is 0.977. The summed E-state index contributed by atoms with van der Waals surface area (Å²) in [6.45, 7) is 4.08. The highest BCUT2D eigenvalue weighted by Crippen LogP contribution is 2.35. The van der Waals surface area contributed by atoms with E-state index in [1.807, 2.05) is 13.0 Å².